The second-order valence-corrected chi connectivity index (χ2v) is 5.74. The fourth-order valence-electron chi connectivity index (χ4n) is 2.34. The van der Waals surface area contributed by atoms with E-state index < -0.39 is 0 Å². The molecule has 1 aromatic heterocycles. The second kappa shape index (κ2) is 5.95. The Bertz CT molecular complexity index is 719. The highest BCUT2D eigenvalue weighted by Crippen LogP contribution is 2.24. The maximum Gasteiger partial charge on any atom is 0.197 e. The third-order valence-electron chi connectivity index (χ3n) is 3.35. The Kier molecular flexibility index (Phi) is 4.03. The number of likely N-dealkylation sites (N-methyl/N-ethyl adjacent to an activating group) is 1. The van der Waals surface area contributed by atoms with Crippen molar-refractivity contribution < 1.29 is 8.81 Å². The van der Waals surface area contributed by atoms with Crippen LogP contribution in [0.5, 0.6) is 0 Å². The molecule has 0 spiro atoms. The van der Waals surface area contributed by atoms with E-state index in [1.54, 1.807) is 0 Å². The molecule has 0 radical (unpaired) electrons. The first-order valence-electron chi connectivity index (χ1n) is 6.63. The molecule has 2 aromatic carbocycles. The molecule has 5 heteroatoms. The standard InChI is InChI=1S/C16H14BrFN2O/c1-19-14(10-6-11(17)8-12(18)7-10)9-16-20-13-4-2-3-5-15(13)21-16/h2-8,14,19H,9H2,1H3. The average Bonchev–Trinajstić information content (AvgIpc) is 2.86. The molecule has 0 aliphatic carbocycles. The van der Waals surface area contributed by atoms with Gasteiger partial charge in [-0.1, -0.05) is 28.1 Å². The van der Waals surface area contributed by atoms with Crippen LogP contribution in [-0.2, 0) is 6.42 Å². The molecule has 1 N–H and O–H groups in total. The lowest BCUT2D eigenvalue weighted by Gasteiger charge is -2.15. The van der Waals surface area contributed by atoms with Crippen molar-refractivity contribution in [1.29, 1.82) is 0 Å². The van der Waals surface area contributed by atoms with E-state index in [0.717, 1.165) is 21.1 Å². The summed E-state index contributed by atoms with van der Waals surface area (Å²) >= 11 is 3.32. The highest BCUT2D eigenvalue weighted by atomic mass is 79.9. The van der Waals surface area contributed by atoms with Crippen LogP contribution in [0.25, 0.3) is 11.1 Å². The molecule has 1 heterocycles. The van der Waals surface area contributed by atoms with Crippen LogP contribution in [0.15, 0.2) is 51.4 Å². The van der Waals surface area contributed by atoms with Gasteiger partial charge in [0, 0.05) is 16.9 Å². The van der Waals surface area contributed by atoms with Crippen molar-refractivity contribution in [1.82, 2.24) is 10.3 Å². The Hall–Kier alpha value is -1.72. The van der Waals surface area contributed by atoms with Crippen LogP contribution in [0.2, 0.25) is 0 Å². The number of nitrogens with one attached hydrogen (secondary N) is 1. The molecule has 0 fully saturated rings. The Labute approximate surface area is 130 Å². The fourth-order valence-corrected chi connectivity index (χ4v) is 2.83. The molecule has 0 amide bonds. The topological polar surface area (TPSA) is 38.1 Å². The molecule has 21 heavy (non-hydrogen) atoms. The minimum Gasteiger partial charge on any atom is -0.441 e. The Morgan fingerprint density at radius 2 is 2.10 bits per heavy atom. The van der Waals surface area contributed by atoms with Crippen molar-refractivity contribution in [3.8, 4) is 0 Å². The van der Waals surface area contributed by atoms with Gasteiger partial charge in [0.2, 0.25) is 0 Å². The predicted molar refractivity (Wildman–Crippen MR) is 83.6 cm³/mol. The van der Waals surface area contributed by atoms with Crippen LogP contribution >= 0.6 is 15.9 Å². The molecular formula is C16H14BrFN2O. The number of hydrogen-bond acceptors (Lipinski definition) is 3. The molecule has 0 aliphatic heterocycles. The second-order valence-electron chi connectivity index (χ2n) is 4.82. The summed E-state index contributed by atoms with van der Waals surface area (Å²) in [7, 11) is 1.84. The van der Waals surface area contributed by atoms with Crippen molar-refractivity contribution in [2.45, 2.75) is 12.5 Å². The number of rotatable bonds is 4. The molecule has 3 rings (SSSR count). The summed E-state index contributed by atoms with van der Waals surface area (Å²) in [6.45, 7) is 0. The number of nitrogens with zero attached hydrogens (tertiary/aromatic N) is 1. The summed E-state index contributed by atoms with van der Waals surface area (Å²) in [4.78, 5) is 4.46. The average molecular weight is 349 g/mol. The monoisotopic (exact) mass is 348 g/mol. The van der Waals surface area contributed by atoms with Crippen molar-refractivity contribution in [3.63, 3.8) is 0 Å². The van der Waals surface area contributed by atoms with Crippen molar-refractivity contribution in [2.75, 3.05) is 7.05 Å². The lowest BCUT2D eigenvalue weighted by atomic mass is 10.0. The molecule has 3 aromatic rings. The highest BCUT2D eigenvalue weighted by molar-refractivity contribution is 9.10. The Balaban J connectivity index is 1.89. The minimum absolute atomic E-state index is 0.0648. The van der Waals surface area contributed by atoms with E-state index in [-0.39, 0.29) is 11.9 Å². The number of aromatic nitrogens is 1. The van der Waals surface area contributed by atoms with E-state index >= 15 is 0 Å². The van der Waals surface area contributed by atoms with Gasteiger partial charge in [0.25, 0.3) is 0 Å². The van der Waals surface area contributed by atoms with Gasteiger partial charge < -0.3 is 9.73 Å². The van der Waals surface area contributed by atoms with E-state index in [2.05, 4.69) is 26.2 Å². The molecule has 0 saturated heterocycles. The van der Waals surface area contributed by atoms with Crippen LogP contribution in [0.1, 0.15) is 17.5 Å². The normalized spacial score (nSPS) is 12.7. The number of fused-ring (bicyclic) bond motifs is 1. The molecule has 1 unspecified atom stereocenters. The van der Waals surface area contributed by atoms with Gasteiger partial charge in [0.05, 0.1) is 0 Å². The van der Waals surface area contributed by atoms with Crippen LogP contribution < -0.4 is 5.32 Å². The number of para-hydroxylation sites is 2. The van der Waals surface area contributed by atoms with Crippen LogP contribution in [0.4, 0.5) is 4.39 Å². The van der Waals surface area contributed by atoms with Gasteiger partial charge in [-0.3, -0.25) is 0 Å². The largest absolute Gasteiger partial charge is 0.441 e. The van der Waals surface area contributed by atoms with Gasteiger partial charge in [-0.2, -0.15) is 0 Å². The summed E-state index contributed by atoms with van der Waals surface area (Å²) in [6, 6.07) is 12.4. The molecule has 0 saturated carbocycles. The van der Waals surface area contributed by atoms with Crippen LogP contribution in [0, 0.1) is 5.82 Å². The predicted octanol–water partition coefficient (Wildman–Crippen LogP) is 4.23. The van der Waals surface area contributed by atoms with Crippen molar-refractivity contribution in [3.05, 3.63) is 64.2 Å². The number of oxazole rings is 1. The third kappa shape index (κ3) is 3.14. The number of benzene rings is 2. The summed E-state index contributed by atoms with van der Waals surface area (Å²) in [5, 5.41) is 3.18. The van der Waals surface area contributed by atoms with Gasteiger partial charge >= 0.3 is 0 Å². The number of hydrogen-bond donors (Lipinski definition) is 1. The Morgan fingerprint density at radius 3 is 2.81 bits per heavy atom. The molecule has 3 nitrogen and oxygen atoms in total. The van der Waals surface area contributed by atoms with Gasteiger partial charge in [-0.15, -0.1) is 0 Å². The zero-order valence-corrected chi connectivity index (χ0v) is 13.0. The van der Waals surface area contributed by atoms with E-state index in [0.29, 0.717) is 12.3 Å². The smallest absolute Gasteiger partial charge is 0.197 e. The van der Waals surface area contributed by atoms with Gasteiger partial charge in [0.15, 0.2) is 11.5 Å². The van der Waals surface area contributed by atoms with Gasteiger partial charge in [-0.25, -0.2) is 9.37 Å². The van der Waals surface area contributed by atoms with E-state index in [4.69, 9.17) is 4.42 Å². The van der Waals surface area contributed by atoms with Gasteiger partial charge in [-0.05, 0) is 42.9 Å². The van der Waals surface area contributed by atoms with E-state index in [9.17, 15) is 4.39 Å². The lowest BCUT2D eigenvalue weighted by Crippen LogP contribution is -2.19. The summed E-state index contributed by atoms with van der Waals surface area (Å²) < 4.78 is 20.0. The molecule has 0 aliphatic rings. The van der Waals surface area contributed by atoms with Crippen molar-refractivity contribution in [2.24, 2.45) is 0 Å². The zero-order valence-electron chi connectivity index (χ0n) is 11.4. The van der Waals surface area contributed by atoms with Crippen LogP contribution in [0.3, 0.4) is 0 Å². The zero-order chi connectivity index (χ0) is 14.8. The van der Waals surface area contributed by atoms with Crippen LogP contribution in [-0.4, -0.2) is 12.0 Å². The van der Waals surface area contributed by atoms with Gasteiger partial charge in [0.1, 0.15) is 11.3 Å². The fraction of sp³-hybridized carbons (Fsp3) is 0.188. The van der Waals surface area contributed by atoms with E-state index in [1.165, 1.54) is 12.1 Å². The first kappa shape index (κ1) is 14.2. The molecule has 108 valence electrons. The first-order valence-corrected chi connectivity index (χ1v) is 7.42. The Morgan fingerprint density at radius 1 is 1.29 bits per heavy atom. The van der Waals surface area contributed by atoms with Crippen molar-refractivity contribution >= 4 is 27.0 Å². The quantitative estimate of drug-likeness (QED) is 0.766. The molecular weight excluding hydrogens is 335 g/mol. The third-order valence-corrected chi connectivity index (χ3v) is 3.81. The highest BCUT2D eigenvalue weighted by Gasteiger charge is 2.15. The van der Waals surface area contributed by atoms with E-state index in [1.807, 2.05) is 37.4 Å². The number of halogens is 2. The minimum atomic E-state index is -0.266. The summed E-state index contributed by atoms with van der Waals surface area (Å²) in [6.07, 6.45) is 0.557. The first-order chi connectivity index (χ1) is 10.2. The maximum absolute atomic E-state index is 13.5. The maximum atomic E-state index is 13.5. The summed E-state index contributed by atoms with van der Waals surface area (Å²) in [5.41, 5.74) is 2.46. The molecule has 1 atom stereocenters. The molecule has 0 bridgehead atoms. The SMILES string of the molecule is CNC(Cc1nc2ccccc2o1)c1cc(F)cc(Br)c1. The lowest BCUT2D eigenvalue weighted by molar-refractivity contribution is 0.472. The summed E-state index contributed by atoms with van der Waals surface area (Å²) in [5.74, 6) is 0.369.